The maximum Gasteiger partial charge on any atom is 0.417 e. The number of nitrogens with two attached hydrogens (primary N) is 2. The van der Waals surface area contributed by atoms with E-state index in [1.807, 2.05) is 25.6 Å². The van der Waals surface area contributed by atoms with Crippen LogP contribution in [0.4, 0.5) is 37.7 Å². The van der Waals surface area contributed by atoms with Crippen LogP contribution in [0.5, 0.6) is 0 Å². The zero-order chi connectivity index (χ0) is 29.6. The summed E-state index contributed by atoms with van der Waals surface area (Å²) in [6.45, 7) is 5.73. The highest BCUT2D eigenvalue weighted by atomic mass is 28.3. The van der Waals surface area contributed by atoms with Gasteiger partial charge in [0.25, 0.3) is 0 Å². The number of carbonyl (C=O) groups excluding carboxylic acids is 2. The van der Waals surface area contributed by atoms with Gasteiger partial charge >= 0.3 is 24.3 Å². The molecule has 0 fully saturated rings. The van der Waals surface area contributed by atoms with E-state index in [1.54, 1.807) is 0 Å². The molecule has 0 unspecified atom stereocenters. The lowest BCUT2D eigenvalue weighted by molar-refractivity contribution is -0.138. The van der Waals surface area contributed by atoms with Crippen LogP contribution in [0.15, 0.2) is 24.3 Å². The number of terminal acetylenes is 1. The van der Waals surface area contributed by atoms with Crippen molar-refractivity contribution in [2.75, 3.05) is 25.7 Å². The highest BCUT2D eigenvalue weighted by Crippen LogP contribution is 2.35. The molecule has 0 amide bonds. The van der Waals surface area contributed by atoms with E-state index in [9.17, 15) is 35.9 Å². The van der Waals surface area contributed by atoms with Gasteiger partial charge in [-0.3, -0.25) is 0 Å². The summed E-state index contributed by atoms with van der Waals surface area (Å²) in [7, 11) is 0.360. The molecule has 0 aliphatic carbocycles. The highest BCUT2D eigenvalue weighted by Gasteiger charge is 2.35. The maximum atomic E-state index is 13.0. The number of benzene rings is 2. The predicted molar refractivity (Wildman–Crippen MR) is 133 cm³/mol. The number of halogens is 6. The SMILES string of the molecule is C#Cc1cc(C(=O)OC)c(N)cc1C(F)(F)F.COC(=O)c1cc(C#C[Si](C)(C)C)c(C(F)(F)F)cc1N. The monoisotopic (exact) mass is 558 g/mol. The van der Waals surface area contributed by atoms with Gasteiger partial charge in [0.2, 0.25) is 0 Å². The van der Waals surface area contributed by atoms with Gasteiger partial charge in [-0.1, -0.05) is 31.5 Å². The van der Waals surface area contributed by atoms with Crippen LogP contribution in [0.1, 0.15) is 43.0 Å². The van der Waals surface area contributed by atoms with Crippen molar-refractivity contribution >= 4 is 31.4 Å². The van der Waals surface area contributed by atoms with Crippen LogP contribution in [-0.2, 0) is 21.8 Å². The van der Waals surface area contributed by atoms with Gasteiger partial charge in [-0.15, -0.1) is 12.0 Å². The first kappa shape index (κ1) is 31.9. The van der Waals surface area contributed by atoms with Gasteiger partial charge in [0.15, 0.2) is 0 Å². The molecule has 2 aromatic rings. The molecule has 0 aromatic heterocycles. The van der Waals surface area contributed by atoms with Crippen LogP contribution in [0.2, 0.25) is 19.6 Å². The zero-order valence-corrected chi connectivity index (χ0v) is 21.9. The number of ether oxygens (including phenoxy) is 2. The molecule has 204 valence electrons. The van der Waals surface area contributed by atoms with Gasteiger partial charge in [0.05, 0.1) is 36.5 Å². The summed E-state index contributed by atoms with van der Waals surface area (Å²) >= 11 is 0. The summed E-state index contributed by atoms with van der Waals surface area (Å²) in [6, 6.07) is 3.28. The Kier molecular flexibility index (Phi) is 10.0. The molecule has 4 N–H and O–H groups in total. The lowest BCUT2D eigenvalue weighted by Gasteiger charge is -2.13. The molecule has 0 spiro atoms. The standard InChI is InChI=1S/C14H16F3NO2Si.C11H8F3NO2/c1-20-13(19)10-7-9(5-6-21(2,3)4)11(8-12(10)18)14(15,16)17;1-3-6-4-7(10(16)17-2)9(15)5-8(6)11(12,13)14/h7-8H,18H2,1-4H3;1,4-5H,15H2,2H3. The molecule has 0 heterocycles. The number of methoxy groups -OCH3 is 2. The average Bonchev–Trinajstić information content (AvgIpc) is 2.80. The van der Waals surface area contributed by atoms with E-state index in [4.69, 9.17) is 17.9 Å². The van der Waals surface area contributed by atoms with Crippen LogP contribution in [-0.4, -0.2) is 34.2 Å². The number of rotatable bonds is 2. The molecular formula is C25H24F6N2O4Si. The topological polar surface area (TPSA) is 105 Å². The van der Waals surface area contributed by atoms with Gasteiger partial charge < -0.3 is 20.9 Å². The lowest BCUT2D eigenvalue weighted by atomic mass is 10.0. The van der Waals surface area contributed by atoms with Crippen LogP contribution >= 0.6 is 0 Å². The lowest BCUT2D eigenvalue weighted by Crippen LogP contribution is -2.17. The van der Waals surface area contributed by atoms with E-state index in [0.717, 1.165) is 32.4 Å². The van der Waals surface area contributed by atoms with Gasteiger partial charge in [-0.25, -0.2) is 9.59 Å². The Morgan fingerprint density at radius 3 is 1.47 bits per heavy atom. The first-order chi connectivity index (χ1) is 17.3. The van der Waals surface area contributed by atoms with Crippen LogP contribution < -0.4 is 11.5 Å². The van der Waals surface area contributed by atoms with Crippen molar-refractivity contribution in [1.82, 2.24) is 0 Å². The van der Waals surface area contributed by atoms with Crippen LogP contribution in [0, 0.1) is 23.8 Å². The van der Waals surface area contributed by atoms with Crippen LogP contribution in [0.25, 0.3) is 0 Å². The third-order valence-corrected chi connectivity index (χ3v) is 5.40. The van der Waals surface area contributed by atoms with Crippen molar-refractivity contribution in [3.8, 4) is 23.8 Å². The first-order valence-corrected chi connectivity index (χ1v) is 13.9. The third-order valence-electron chi connectivity index (χ3n) is 4.53. The Hall–Kier alpha value is -4.10. The second-order valence-corrected chi connectivity index (χ2v) is 13.3. The number of nitrogen functional groups attached to an aromatic ring is 2. The molecule has 6 nitrogen and oxygen atoms in total. The van der Waals surface area contributed by atoms with Crippen molar-refractivity contribution in [2.24, 2.45) is 0 Å². The van der Waals surface area contributed by atoms with Gasteiger partial charge in [0.1, 0.15) is 8.07 Å². The van der Waals surface area contributed by atoms with Crippen molar-refractivity contribution in [2.45, 2.75) is 32.0 Å². The summed E-state index contributed by atoms with van der Waals surface area (Å²) in [5.41, 5.74) is 10.1. The molecule has 0 bridgehead atoms. The van der Waals surface area contributed by atoms with Crippen molar-refractivity contribution in [1.29, 1.82) is 0 Å². The number of hydrogen-bond acceptors (Lipinski definition) is 6. The number of hydrogen-bond donors (Lipinski definition) is 2. The summed E-state index contributed by atoms with van der Waals surface area (Å²) in [6.07, 6.45) is -4.25. The molecule has 0 saturated heterocycles. The quantitative estimate of drug-likeness (QED) is 0.169. The number of alkyl halides is 6. The molecule has 0 saturated carbocycles. The fourth-order valence-electron chi connectivity index (χ4n) is 2.75. The summed E-state index contributed by atoms with van der Waals surface area (Å²) in [5.74, 6) is 2.77. The molecule has 0 radical (unpaired) electrons. The van der Waals surface area contributed by atoms with Gasteiger partial charge in [-0.2, -0.15) is 26.3 Å². The minimum atomic E-state index is -4.62. The fraction of sp³-hybridized carbons (Fsp3) is 0.280. The van der Waals surface area contributed by atoms with Gasteiger partial charge in [0, 0.05) is 22.5 Å². The number of esters is 2. The first-order valence-electron chi connectivity index (χ1n) is 10.4. The second kappa shape index (κ2) is 12.0. The summed E-state index contributed by atoms with van der Waals surface area (Å²) in [4.78, 5) is 22.7. The van der Waals surface area contributed by atoms with Crippen molar-refractivity contribution in [3.05, 3.63) is 57.6 Å². The Labute approximate surface area is 216 Å². The molecular weight excluding hydrogens is 534 g/mol. The van der Waals surface area contributed by atoms with E-state index in [-0.39, 0.29) is 28.1 Å². The van der Waals surface area contributed by atoms with E-state index in [2.05, 4.69) is 20.9 Å². The van der Waals surface area contributed by atoms with Gasteiger partial charge in [-0.05, 0) is 24.3 Å². The second-order valence-electron chi connectivity index (χ2n) is 8.59. The maximum absolute atomic E-state index is 13.0. The largest absolute Gasteiger partial charge is 0.465 e. The van der Waals surface area contributed by atoms with E-state index < -0.39 is 49.1 Å². The minimum absolute atomic E-state index is 0.120. The van der Waals surface area contributed by atoms with E-state index >= 15 is 0 Å². The molecule has 13 heteroatoms. The Balaban J connectivity index is 0.000000389. The molecule has 0 atom stereocenters. The highest BCUT2D eigenvalue weighted by molar-refractivity contribution is 6.83. The molecule has 2 rings (SSSR count). The summed E-state index contributed by atoms with van der Waals surface area (Å²) in [5, 5.41) is 0. The minimum Gasteiger partial charge on any atom is -0.465 e. The zero-order valence-electron chi connectivity index (χ0n) is 20.9. The Morgan fingerprint density at radius 2 is 1.16 bits per heavy atom. The van der Waals surface area contributed by atoms with E-state index in [0.29, 0.717) is 6.07 Å². The predicted octanol–water partition coefficient (Wildman–Crippen LogP) is 5.36. The number of carbonyl (C=O) groups is 2. The smallest absolute Gasteiger partial charge is 0.417 e. The fourth-order valence-corrected chi connectivity index (χ4v) is 3.26. The Bertz CT molecular complexity index is 1330. The van der Waals surface area contributed by atoms with Crippen molar-refractivity contribution < 1.29 is 45.4 Å². The Morgan fingerprint density at radius 1 is 0.789 bits per heavy atom. The van der Waals surface area contributed by atoms with E-state index in [1.165, 1.54) is 0 Å². The molecule has 2 aromatic carbocycles. The normalized spacial score (nSPS) is 11.2. The van der Waals surface area contributed by atoms with Crippen LogP contribution in [0.3, 0.4) is 0 Å². The molecule has 0 aliphatic heterocycles. The average molecular weight is 559 g/mol. The molecule has 0 aliphatic rings. The van der Waals surface area contributed by atoms with Crippen molar-refractivity contribution in [3.63, 3.8) is 0 Å². The third kappa shape index (κ3) is 8.49. The summed E-state index contributed by atoms with van der Waals surface area (Å²) < 4.78 is 85.7. The molecule has 38 heavy (non-hydrogen) atoms. The number of anilines is 2.